The molecule has 0 aliphatic carbocycles. The van der Waals surface area contributed by atoms with Crippen molar-refractivity contribution in [2.45, 2.75) is 11.8 Å². The number of aryl methyl sites for hydroxylation is 1. The average Bonchev–Trinajstić information content (AvgIpc) is 2.41. The molecule has 0 bridgehead atoms. The van der Waals surface area contributed by atoms with E-state index in [-0.39, 0.29) is 4.90 Å². The number of nitrogens with one attached hydrogen (secondary N) is 1. The molecule has 104 valence electrons. The smallest absolute Gasteiger partial charge is 0.200 e. The van der Waals surface area contributed by atoms with Gasteiger partial charge in [-0.1, -0.05) is 40.2 Å². The highest BCUT2D eigenvalue weighted by Crippen LogP contribution is 2.14. The summed E-state index contributed by atoms with van der Waals surface area (Å²) in [6, 6.07) is 13.9. The number of rotatable bonds is 4. The SMILES string of the molecule is Cc1ccccc1C=NNS(=O)(=O)c1ccc(Br)cc1. The van der Waals surface area contributed by atoms with Gasteiger partial charge in [-0.15, -0.1) is 0 Å². The summed E-state index contributed by atoms with van der Waals surface area (Å²) in [6.07, 6.45) is 1.49. The average molecular weight is 353 g/mol. The van der Waals surface area contributed by atoms with E-state index in [9.17, 15) is 8.42 Å². The van der Waals surface area contributed by atoms with E-state index in [4.69, 9.17) is 0 Å². The fourth-order valence-electron chi connectivity index (χ4n) is 1.56. The topological polar surface area (TPSA) is 58.5 Å². The van der Waals surface area contributed by atoms with E-state index in [2.05, 4.69) is 25.9 Å². The summed E-state index contributed by atoms with van der Waals surface area (Å²) in [7, 11) is -3.63. The molecule has 0 saturated carbocycles. The molecule has 2 rings (SSSR count). The maximum absolute atomic E-state index is 12.0. The van der Waals surface area contributed by atoms with Crippen LogP contribution in [0.3, 0.4) is 0 Å². The monoisotopic (exact) mass is 352 g/mol. The molecule has 2 aromatic carbocycles. The third kappa shape index (κ3) is 3.68. The van der Waals surface area contributed by atoms with Crippen LogP contribution in [0.4, 0.5) is 0 Å². The van der Waals surface area contributed by atoms with Crippen LogP contribution >= 0.6 is 15.9 Å². The van der Waals surface area contributed by atoms with Crippen LogP contribution in [0.15, 0.2) is 63.0 Å². The summed E-state index contributed by atoms with van der Waals surface area (Å²) in [4.78, 5) is 2.37. The molecule has 0 saturated heterocycles. The van der Waals surface area contributed by atoms with Gasteiger partial charge in [-0.2, -0.15) is 13.5 Å². The first-order chi connectivity index (χ1) is 9.49. The molecule has 6 heteroatoms. The van der Waals surface area contributed by atoms with Gasteiger partial charge >= 0.3 is 0 Å². The van der Waals surface area contributed by atoms with Crippen LogP contribution in [0, 0.1) is 6.92 Å². The molecule has 0 amide bonds. The molecule has 0 heterocycles. The van der Waals surface area contributed by atoms with Gasteiger partial charge in [0.1, 0.15) is 0 Å². The van der Waals surface area contributed by atoms with Gasteiger partial charge in [-0.3, -0.25) is 0 Å². The molecule has 0 spiro atoms. The third-order valence-corrected chi connectivity index (χ3v) is 4.46. The summed E-state index contributed by atoms with van der Waals surface area (Å²) in [5, 5.41) is 3.80. The number of halogens is 1. The van der Waals surface area contributed by atoms with Crippen molar-refractivity contribution in [3.8, 4) is 0 Å². The molecule has 0 aliphatic heterocycles. The minimum atomic E-state index is -3.63. The Morgan fingerprint density at radius 3 is 2.40 bits per heavy atom. The number of hydrogen-bond acceptors (Lipinski definition) is 3. The summed E-state index contributed by atoms with van der Waals surface area (Å²) >= 11 is 3.26. The molecule has 20 heavy (non-hydrogen) atoms. The summed E-state index contributed by atoms with van der Waals surface area (Å²) in [6.45, 7) is 1.94. The van der Waals surface area contributed by atoms with Gasteiger partial charge in [-0.05, 0) is 42.3 Å². The molecule has 0 unspecified atom stereocenters. The van der Waals surface area contributed by atoms with Gasteiger partial charge in [0.25, 0.3) is 10.0 Å². The van der Waals surface area contributed by atoms with Gasteiger partial charge in [0.2, 0.25) is 0 Å². The predicted molar refractivity (Wildman–Crippen MR) is 83.2 cm³/mol. The normalized spacial score (nSPS) is 11.7. The van der Waals surface area contributed by atoms with Crippen molar-refractivity contribution in [1.29, 1.82) is 0 Å². The van der Waals surface area contributed by atoms with Gasteiger partial charge in [0, 0.05) is 4.47 Å². The Hall–Kier alpha value is -1.66. The van der Waals surface area contributed by atoms with Gasteiger partial charge in [-0.25, -0.2) is 4.83 Å². The maximum atomic E-state index is 12.0. The third-order valence-electron chi connectivity index (χ3n) is 2.69. The van der Waals surface area contributed by atoms with E-state index in [0.717, 1.165) is 15.6 Å². The van der Waals surface area contributed by atoms with Crippen LogP contribution in [0.5, 0.6) is 0 Å². The molecule has 0 fully saturated rings. The highest BCUT2D eigenvalue weighted by molar-refractivity contribution is 9.10. The summed E-state index contributed by atoms with van der Waals surface area (Å²) in [5.41, 5.74) is 1.89. The van der Waals surface area contributed by atoms with Crippen molar-refractivity contribution < 1.29 is 8.42 Å². The van der Waals surface area contributed by atoms with Crippen LogP contribution in [-0.2, 0) is 10.0 Å². The van der Waals surface area contributed by atoms with Crippen LogP contribution in [-0.4, -0.2) is 14.6 Å². The number of nitrogens with zero attached hydrogens (tertiary/aromatic N) is 1. The van der Waals surface area contributed by atoms with Crippen LogP contribution in [0.25, 0.3) is 0 Å². The van der Waals surface area contributed by atoms with Crippen LogP contribution < -0.4 is 4.83 Å². The Morgan fingerprint density at radius 1 is 1.10 bits per heavy atom. The number of benzene rings is 2. The molecule has 0 aromatic heterocycles. The second-order valence-electron chi connectivity index (χ2n) is 4.16. The molecule has 1 N–H and O–H groups in total. The number of hydrogen-bond donors (Lipinski definition) is 1. The first-order valence-corrected chi connectivity index (χ1v) is 8.13. The molecule has 2 aromatic rings. The van der Waals surface area contributed by atoms with E-state index in [1.54, 1.807) is 12.1 Å². The first-order valence-electron chi connectivity index (χ1n) is 5.85. The Bertz CT molecular complexity index is 725. The van der Waals surface area contributed by atoms with E-state index in [1.165, 1.54) is 18.3 Å². The Balaban J connectivity index is 2.14. The standard InChI is InChI=1S/C14H13BrN2O2S/c1-11-4-2-3-5-12(11)10-16-17-20(18,19)14-8-6-13(15)7-9-14/h2-10,17H,1H3. The highest BCUT2D eigenvalue weighted by Gasteiger charge is 2.11. The molecule has 0 atom stereocenters. The molecule has 0 aliphatic rings. The molecular formula is C14H13BrN2O2S. The lowest BCUT2D eigenvalue weighted by Gasteiger charge is -2.03. The second-order valence-corrected chi connectivity index (χ2v) is 6.74. The van der Waals surface area contributed by atoms with Crippen molar-refractivity contribution in [3.05, 3.63) is 64.1 Å². The lowest BCUT2D eigenvalue weighted by Crippen LogP contribution is -2.18. The van der Waals surface area contributed by atoms with Crippen molar-refractivity contribution in [2.24, 2.45) is 5.10 Å². The van der Waals surface area contributed by atoms with E-state index in [0.29, 0.717) is 0 Å². The molecule has 0 radical (unpaired) electrons. The first kappa shape index (κ1) is 14.7. The Labute approximate surface area is 126 Å². The highest BCUT2D eigenvalue weighted by atomic mass is 79.9. The zero-order valence-corrected chi connectivity index (χ0v) is 13.1. The number of sulfonamides is 1. The molecule has 4 nitrogen and oxygen atoms in total. The lowest BCUT2D eigenvalue weighted by atomic mass is 10.1. The van der Waals surface area contributed by atoms with Crippen molar-refractivity contribution >= 4 is 32.2 Å². The summed E-state index contributed by atoms with van der Waals surface area (Å²) < 4.78 is 24.8. The maximum Gasteiger partial charge on any atom is 0.276 e. The fourth-order valence-corrected chi connectivity index (χ4v) is 2.62. The molecular weight excluding hydrogens is 340 g/mol. The van der Waals surface area contributed by atoms with Crippen LogP contribution in [0.1, 0.15) is 11.1 Å². The van der Waals surface area contributed by atoms with Crippen LogP contribution in [0.2, 0.25) is 0 Å². The minimum Gasteiger partial charge on any atom is -0.200 e. The quantitative estimate of drug-likeness (QED) is 0.678. The van der Waals surface area contributed by atoms with Gasteiger partial charge in [0.15, 0.2) is 0 Å². The van der Waals surface area contributed by atoms with Gasteiger partial charge < -0.3 is 0 Å². The fraction of sp³-hybridized carbons (Fsp3) is 0.0714. The number of hydrazone groups is 1. The zero-order chi connectivity index (χ0) is 14.6. The van der Waals surface area contributed by atoms with E-state index >= 15 is 0 Å². The predicted octanol–water partition coefficient (Wildman–Crippen LogP) is 3.07. The summed E-state index contributed by atoms with van der Waals surface area (Å²) in [5.74, 6) is 0. The van der Waals surface area contributed by atoms with Crippen molar-refractivity contribution in [1.82, 2.24) is 4.83 Å². The van der Waals surface area contributed by atoms with E-state index in [1.807, 2.05) is 31.2 Å². The van der Waals surface area contributed by atoms with Crippen molar-refractivity contribution in [3.63, 3.8) is 0 Å². The Kier molecular flexibility index (Phi) is 4.57. The minimum absolute atomic E-state index is 0.169. The van der Waals surface area contributed by atoms with Gasteiger partial charge in [0.05, 0.1) is 11.1 Å². The largest absolute Gasteiger partial charge is 0.276 e. The van der Waals surface area contributed by atoms with E-state index < -0.39 is 10.0 Å². The Morgan fingerprint density at radius 2 is 1.75 bits per heavy atom. The second kappa shape index (κ2) is 6.19. The zero-order valence-electron chi connectivity index (χ0n) is 10.7. The van der Waals surface area contributed by atoms with Crippen molar-refractivity contribution in [2.75, 3.05) is 0 Å². The lowest BCUT2D eigenvalue weighted by molar-refractivity contribution is 0.584.